The topological polar surface area (TPSA) is 99.3 Å². The third-order valence-corrected chi connectivity index (χ3v) is 6.43. The Bertz CT molecular complexity index is 1220. The van der Waals surface area contributed by atoms with Crippen molar-refractivity contribution >= 4 is 48.4 Å². The van der Waals surface area contributed by atoms with Crippen molar-refractivity contribution in [1.82, 2.24) is 24.7 Å². The van der Waals surface area contributed by atoms with Crippen LogP contribution in [0.2, 0.25) is 0 Å². The number of anilines is 2. The van der Waals surface area contributed by atoms with Crippen LogP contribution in [0.25, 0.3) is 17.0 Å². The van der Waals surface area contributed by atoms with Gasteiger partial charge in [0.25, 0.3) is 0 Å². The fraction of sp³-hybridized carbons (Fsp3) is 0.238. The molecule has 0 saturated carbocycles. The highest BCUT2D eigenvalue weighted by atomic mass is 127. The molecule has 3 aromatic rings. The van der Waals surface area contributed by atoms with Crippen molar-refractivity contribution in [3.05, 3.63) is 42.4 Å². The van der Waals surface area contributed by atoms with Gasteiger partial charge in [-0.3, -0.25) is 0 Å². The minimum atomic E-state index is -0.366. The van der Waals surface area contributed by atoms with Gasteiger partial charge in [-0.25, -0.2) is 22.8 Å². The Morgan fingerprint density at radius 3 is 3.03 bits per heavy atom. The van der Waals surface area contributed by atoms with Crippen molar-refractivity contribution in [2.45, 2.75) is 19.4 Å². The number of pyridine rings is 1. The summed E-state index contributed by atoms with van der Waals surface area (Å²) in [4.78, 5) is 13.9. The number of nitrogens with one attached hydrogen (secondary N) is 1. The van der Waals surface area contributed by atoms with E-state index < -0.39 is 0 Å². The van der Waals surface area contributed by atoms with E-state index in [2.05, 4.69) is 27.6 Å². The molecular weight excluding hydrogens is 509 g/mol. The summed E-state index contributed by atoms with van der Waals surface area (Å²) >= 11 is -0.366. The molecule has 31 heavy (non-hydrogen) atoms. The Morgan fingerprint density at radius 1 is 1.23 bits per heavy atom. The highest BCUT2D eigenvalue weighted by Crippen LogP contribution is 2.32. The van der Waals surface area contributed by atoms with Crippen molar-refractivity contribution in [2.24, 2.45) is 10.3 Å². The van der Waals surface area contributed by atoms with E-state index in [1.54, 1.807) is 17.1 Å². The second-order valence-electron chi connectivity index (χ2n) is 7.09. The van der Waals surface area contributed by atoms with Gasteiger partial charge < -0.3 is 14.8 Å². The summed E-state index contributed by atoms with van der Waals surface area (Å²) in [5.41, 5.74) is 2.66. The Morgan fingerprint density at radius 2 is 2.16 bits per heavy atom. The number of halogens is 1. The van der Waals surface area contributed by atoms with Gasteiger partial charge in [0, 0.05) is 64.7 Å². The van der Waals surface area contributed by atoms with Crippen LogP contribution in [0.3, 0.4) is 0 Å². The zero-order chi connectivity index (χ0) is 21.2. The maximum absolute atomic E-state index is 6.06. The molecule has 0 unspecified atom stereocenters. The van der Waals surface area contributed by atoms with Gasteiger partial charge in [-0.2, -0.15) is 5.10 Å². The molecule has 2 aliphatic rings. The average Bonchev–Trinajstić information content (AvgIpc) is 3.14. The van der Waals surface area contributed by atoms with Gasteiger partial charge in [0.05, 0.1) is 18.9 Å². The van der Waals surface area contributed by atoms with Crippen molar-refractivity contribution in [3.8, 4) is 23.0 Å². The van der Waals surface area contributed by atoms with Crippen LogP contribution in [-0.2, 0) is 7.05 Å². The highest BCUT2D eigenvalue weighted by molar-refractivity contribution is 14.2. The first kappa shape index (κ1) is 19.8. The quantitative estimate of drug-likeness (QED) is 0.480. The summed E-state index contributed by atoms with van der Waals surface area (Å²) in [7, 11) is 1.84. The number of rotatable bonds is 1. The minimum absolute atomic E-state index is 0.0234. The van der Waals surface area contributed by atoms with E-state index in [0.29, 0.717) is 29.9 Å². The monoisotopic (exact) mass is 529 g/mol. The largest absolute Gasteiger partial charge is 0.490 e. The fourth-order valence-electron chi connectivity index (χ4n) is 3.26. The molecule has 0 aliphatic carbocycles. The molecule has 10 heteroatoms. The number of fused-ring (bicyclic) bond motifs is 6. The molecule has 3 aromatic heterocycles. The summed E-state index contributed by atoms with van der Waals surface area (Å²) in [5, 5.41) is 7.70. The third kappa shape index (κ3) is 4.20. The first-order valence-corrected chi connectivity index (χ1v) is 12.0. The van der Waals surface area contributed by atoms with E-state index in [4.69, 9.17) is 14.5 Å². The molecule has 1 atom stereocenters. The normalized spacial score (nSPS) is 17.7. The molecule has 0 amide bonds. The molecule has 2 aliphatic heterocycles. The molecule has 0 radical (unpaired) electrons. The molecule has 5 rings (SSSR count). The van der Waals surface area contributed by atoms with Crippen LogP contribution >= 0.6 is 21.0 Å². The van der Waals surface area contributed by atoms with E-state index in [1.165, 1.54) is 0 Å². The molecule has 0 fully saturated rings. The van der Waals surface area contributed by atoms with E-state index in [-0.39, 0.29) is 27.1 Å². The van der Waals surface area contributed by atoms with Crippen molar-refractivity contribution in [2.75, 3.05) is 11.9 Å². The van der Waals surface area contributed by atoms with Crippen LogP contribution < -0.4 is 14.8 Å². The van der Waals surface area contributed by atoms with Crippen molar-refractivity contribution < 1.29 is 9.47 Å². The summed E-state index contributed by atoms with van der Waals surface area (Å²) in [6.45, 7) is 2.51. The van der Waals surface area contributed by atoms with E-state index >= 15 is 0 Å². The van der Waals surface area contributed by atoms with Gasteiger partial charge in [-0.05, 0) is 28.7 Å². The lowest BCUT2D eigenvalue weighted by atomic mass is 10.1. The smallest absolute Gasteiger partial charge is 0.222 e. The average molecular weight is 529 g/mol. The van der Waals surface area contributed by atoms with Gasteiger partial charge in [0.2, 0.25) is 5.88 Å². The lowest BCUT2D eigenvalue weighted by Crippen LogP contribution is -2.17. The van der Waals surface area contributed by atoms with Crippen LogP contribution in [0.4, 0.5) is 11.6 Å². The van der Waals surface area contributed by atoms with Crippen LogP contribution in [0, 0.1) is 0 Å². The second-order valence-corrected chi connectivity index (χ2v) is 8.82. The molecule has 1 N–H and O–H groups in total. The predicted molar refractivity (Wildman–Crippen MR) is 129 cm³/mol. The van der Waals surface area contributed by atoms with Gasteiger partial charge in [0.15, 0.2) is 5.82 Å². The van der Waals surface area contributed by atoms with E-state index in [1.807, 2.05) is 44.6 Å². The summed E-state index contributed by atoms with van der Waals surface area (Å²) < 4.78 is 20.3. The molecule has 5 heterocycles. The molecule has 0 spiro atoms. The van der Waals surface area contributed by atoms with Crippen molar-refractivity contribution in [1.29, 1.82) is 0 Å². The van der Waals surface area contributed by atoms with Crippen LogP contribution in [-0.4, -0.2) is 47.7 Å². The molecule has 0 saturated heterocycles. The number of ether oxygens (including phenoxy) is 2. The van der Waals surface area contributed by atoms with E-state index in [0.717, 1.165) is 28.9 Å². The van der Waals surface area contributed by atoms with Gasteiger partial charge >= 0.3 is 0 Å². The Balaban J connectivity index is 1.66. The zero-order valence-electron chi connectivity index (χ0n) is 17.0. The van der Waals surface area contributed by atoms with Gasteiger partial charge in [0.1, 0.15) is 22.9 Å². The lowest BCUT2D eigenvalue weighted by Gasteiger charge is -2.18. The summed E-state index contributed by atoms with van der Waals surface area (Å²) in [5.74, 6) is 3.19. The first-order valence-electron chi connectivity index (χ1n) is 9.79. The Labute approximate surface area is 189 Å². The minimum Gasteiger partial charge on any atom is -0.490 e. The fourth-order valence-corrected chi connectivity index (χ4v) is 4.61. The number of aryl methyl sites for hydroxylation is 1. The second kappa shape index (κ2) is 8.53. The molecular formula is C21H20IN7O2. The Hall–Kier alpha value is -3.15. The van der Waals surface area contributed by atoms with Crippen LogP contribution in [0.5, 0.6) is 11.6 Å². The third-order valence-electron chi connectivity index (χ3n) is 4.84. The Kier molecular flexibility index (Phi) is 5.45. The van der Waals surface area contributed by atoms with Crippen LogP contribution in [0.1, 0.15) is 18.9 Å². The van der Waals surface area contributed by atoms with Gasteiger partial charge in [-0.15, -0.1) is 0 Å². The molecule has 158 valence electrons. The number of nitrogens with zero attached hydrogens (tertiary/aromatic N) is 6. The van der Waals surface area contributed by atoms with E-state index in [9.17, 15) is 0 Å². The maximum atomic E-state index is 6.06. The lowest BCUT2D eigenvalue weighted by molar-refractivity contribution is 0.172. The zero-order valence-corrected chi connectivity index (χ0v) is 19.1. The number of aromatic nitrogens is 5. The van der Waals surface area contributed by atoms with Crippen LogP contribution in [0.15, 0.2) is 40.0 Å². The highest BCUT2D eigenvalue weighted by Gasteiger charge is 2.19. The summed E-state index contributed by atoms with van der Waals surface area (Å²) in [6, 6.07) is 3.72. The molecule has 4 bridgehead atoms. The maximum Gasteiger partial charge on any atom is 0.222 e. The number of allylic oxidation sites excluding steroid dienone is 2. The number of hydrogen-bond donors (Lipinski definition) is 1. The first-order chi connectivity index (χ1) is 15.2. The number of hydrogen-bond acceptors (Lipinski definition) is 8. The standard InChI is InChI=1S/C21H20IN7O2/c1-13-5-8-30-21-17(12-26-29(21)2)19-24-11-16(14-3-7-25-22-10-14)20(28-19)27-18-9-15(31-13)4-6-23-18/h3-4,6-7,9-13H,5,8H2,1-2H3,(H,23,24,27,28)/t13-/m0/s1. The van der Waals surface area contributed by atoms with Gasteiger partial charge in [-0.1, -0.05) is 0 Å². The van der Waals surface area contributed by atoms with Crippen molar-refractivity contribution in [3.63, 3.8) is 0 Å². The summed E-state index contributed by atoms with van der Waals surface area (Å²) in [6.07, 6.45) is 9.77. The molecule has 9 nitrogen and oxygen atoms in total. The SMILES string of the molecule is C[C@H]1CCOc2c(cnn2C)-c2ncc(C3=CC=NI=C3)c(n2)Nc2cc(ccn2)O1. The predicted octanol–water partition coefficient (Wildman–Crippen LogP) is 3.72. The molecule has 0 aromatic carbocycles.